The molecule has 0 bridgehead atoms. The molecular formula is C26H28N4O4. The van der Waals surface area contributed by atoms with E-state index in [0.717, 1.165) is 47.2 Å². The monoisotopic (exact) mass is 460 g/mol. The van der Waals surface area contributed by atoms with E-state index in [2.05, 4.69) is 15.6 Å². The lowest BCUT2D eigenvalue weighted by Crippen LogP contribution is -2.34. The molecule has 1 saturated heterocycles. The van der Waals surface area contributed by atoms with Crippen LogP contribution in [0.4, 0.5) is 4.79 Å². The highest BCUT2D eigenvalue weighted by Crippen LogP contribution is 2.36. The minimum atomic E-state index is -0.676. The summed E-state index contributed by atoms with van der Waals surface area (Å²) in [5, 5.41) is 6.97. The van der Waals surface area contributed by atoms with Crippen LogP contribution in [-0.2, 0) is 22.6 Å². The minimum Gasteiger partial charge on any atom is -0.497 e. The number of fused-ring (bicyclic) bond motifs is 3. The van der Waals surface area contributed by atoms with E-state index < -0.39 is 12.1 Å². The number of carbonyl (C=O) groups excluding carboxylic acids is 3. The van der Waals surface area contributed by atoms with Crippen LogP contribution in [0.15, 0.2) is 48.5 Å². The van der Waals surface area contributed by atoms with Gasteiger partial charge < -0.3 is 20.4 Å². The standard InChI is InChI=1S/C26H28N4O4/c1-34-17-10-11-20-19(14-17)18-8-5-9-21(24(18)28-20)27-23(31)13-12-22-25(32)30(26(33)29-22)15-16-6-3-2-4-7-16/h2-4,6-7,10-11,14,21-22,28H,5,8-9,12-13,15H2,1H3,(H,27,31)(H,29,33)/t21-,22+/m0/s1. The third kappa shape index (κ3) is 4.23. The number of aryl methyl sites for hydroxylation is 1. The zero-order valence-corrected chi connectivity index (χ0v) is 19.1. The molecule has 0 spiro atoms. The van der Waals surface area contributed by atoms with Crippen LogP contribution < -0.4 is 15.4 Å². The van der Waals surface area contributed by atoms with Gasteiger partial charge in [0.2, 0.25) is 5.91 Å². The number of aromatic amines is 1. The van der Waals surface area contributed by atoms with Gasteiger partial charge in [-0.25, -0.2) is 4.79 Å². The summed E-state index contributed by atoms with van der Waals surface area (Å²) in [6.07, 6.45) is 3.22. The van der Waals surface area contributed by atoms with Crippen molar-refractivity contribution in [3.63, 3.8) is 0 Å². The third-order valence-electron chi connectivity index (χ3n) is 6.70. The second kappa shape index (κ2) is 9.21. The van der Waals surface area contributed by atoms with E-state index in [0.29, 0.717) is 0 Å². The van der Waals surface area contributed by atoms with Crippen LogP contribution in [0.2, 0.25) is 0 Å². The fourth-order valence-corrected chi connectivity index (χ4v) is 4.94. The highest BCUT2D eigenvalue weighted by molar-refractivity contribution is 6.04. The molecule has 5 rings (SSSR count). The number of rotatable bonds is 7. The maximum absolute atomic E-state index is 12.8. The van der Waals surface area contributed by atoms with E-state index in [1.165, 1.54) is 10.5 Å². The van der Waals surface area contributed by atoms with Crippen molar-refractivity contribution in [2.45, 2.75) is 50.7 Å². The van der Waals surface area contributed by atoms with Gasteiger partial charge in [-0.15, -0.1) is 0 Å². The summed E-state index contributed by atoms with van der Waals surface area (Å²) in [5.74, 6) is 0.397. The van der Waals surface area contributed by atoms with E-state index >= 15 is 0 Å². The van der Waals surface area contributed by atoms with Crippen molar-refractivity contribution in [3.05, 3.63) is 65.4 Å². The van der Waals surface area contributed by atoms with Gasteiger partial charge in [0, 0.05) is 23.0 Å². The molecule has 8 nitrogen and oxygen atoms in total. The fourth-order valence-electron chi connectivity index (χ4n) is 4.94. The van der Waals surface area contributed by atoms with E-state index in [-0.39, 0.29) is 37.2 Å². The average molecular weight is 461 g/mol. The summed E-state index contributed by atoms with van der Waals surface area (Å²) in [6.45, 7) is 0.226. The number of amides is 4. The number of H-pyrrole nitrogens is 1. The Labute approximate surface area is 197 Å². The van der Waals surface area contributed by atoms with Crippen LogP contribution in [0.1, 0.15) is 48.5 Å². The molecule has 1 aromatic heterocycles. The van der Waals surface area contributed by atoms with E-state index in [1.54, 1.807) is 7.11 Å². The number of methoxy groups -OCH3 is 1. The summed E-state index contributed by atoms with van der Waals surface area (Å²) >= 11 is 0. The quantitative estimate of drug-likeness (QED) is 0.469. The molecule has 2 atom stereocenters. The number of ether oxygens (including phenoxy) is 1. The molecule has 1 aliphatic carbocycles. The highest BCUT2D eigenvalue weighted by atomic mass is 16.5. The molecule has 176 valence electrons. The van der Waals surface area contributed by atoms with Gasteiger partial charge in [-0.05, 0) is 55.0 Å². The lowest BCUT2D eigenvalue weighted by atomic mass is 9.91. The zero-order chi connectivity index (χ0) is 23.7. The van der Waals surface area contributed by atoms with Crippen LogP contribution in [0.25, 0.3) is 10.9 Å². The number of imide groups is 1. The van der Waals surface area contributed by atoms with Crippen molar-refractivity contribution in [1.29, 1.82) is 0 Å². The first-order valence-electron chi connectivity index (χ1n) is 11.7. The second-order valence-electron chi connectivity index (χ2n) is 8.89. The Morgan fingerprint density at radius 1 is 1.18 bits per heavy atom. The first kappa shape index (κ1) is 22.0. The summed E-state index contributed by atoms with van der Waals surface area (Å²) in [6, 6.07) is 14.1. The maximum atomic E-state index is 12.8. The molecule has 0 unspecified atom stereocenters. The lowest BCUT2D eigenvalue weighted by molar-refractivity contribution is -0.128. The largest absolute Gasteiger partial charge is 0.497 e. The number of urea groups is 1. The van der Waals surface area contributed by atoms with Crippen LogP contribution in [0.5, 0.6) is 5.75 Å². The smallest absolute Gasteiger partial charge is 0.325 e. The normalized spacial score (nSPS) is 19.7. The Hall–Kier alpha value is -3.81. The number of nitrogens with zero attached hydrogens (tertiary/aromatic N) is 1. The molecule has 34 heavy (non-hydrogen) atoms. The Morgan fingerprint density at radius 3 is 2.79 bits per heavy atom. The molecule has 0 radical (unpaired) electrons. The summed E-state index contributed by atoms with van der Waals surface area (Å²) in [7, 11) is 1.65. The highest BCUT2D eigenvalue weighted by Gasteiger charge is 2.38. The van der Waals surface area contributed by atoms with Crippen molar-refractivity contribution in [3.8, 4) is 5.75 Å². The maximum Gasteiger partial charge on any atom is 0.325 e. The fraction of sp³-hybridized carbons (Fsp3) is 0.346. The molecule has 2 aliphatic rings. The molecule has 8 heteroatoms. The molecule has 2 aromatic carbocycles. The molecule has 2 heterocycles. The van der Waals surface area contributed by atoms with Crippen molar-refractivity contribution in [1.82, 2.24) is 20.5 Å². The lowest BCUT2D eigenvalue weighted by Gasteiger charge is -2.24. The number of nitrogens with one attached hydrogen (secondary N) is 3. The van der Waals surface area contributed by atoms with Gasteiger partial charge in [-0.1, -0.05) is 30.3 Å². The third-order valence-corrected chi connectivity index (χ3v) is 6.70. The molecular weight excluding hydrogens is 432 g/mol. The van der Waals surface area contributed by atoms with Crippen molar-refractivity contribution < 1.29 is 19.1 Å². The van der Waals surface area contributed by atoms with Gasteiger partial charge in [0.1, 0.15) is 11.8 Å². The summed E-state index contributed by atoms with van der Waals surface area (Å²) < 4.78 is 5.37. The average Bonchev–Trinajstić information content (AvgIpc) is 3.36. The topological polar surface area (TPSA) is 104 Å². The number of carbonyl (C=O) groups is 3. The Bertz CT molecular complexity index is 1240. The van der Waals surface area contributed by atoms with Gasteiger partial charge >= 0.3 is 6.03 Å². The van der Waals surface area contributed by atoms with E-state index in [4.69, 9.17) is 4.74 Å². The van der Waals surface area contributed by atoms with Crippen LogP contribution in [0.3, 0.4) is 0 Å². The Kier molecular flexibility index (Phi) is 5.96. The number of hydrogen-bond acceptors (Lipinski definition) is 4. The van der Waals surface area contributed by atoms with Crippen LogP contribution >= 0.6 is 0 Å². The first-order valence-corrected chi connectivity index (χ1v) is 11.7. The van der Waals surface area contributed by atoms with Crippen molar-refractivity contribution >= 4 is 28.7 Å². The van der Waals surface area contributed by atoms with Crippen LogP contribution in [0, 0.1) is 0 Å². The van der Waals surface area contributed by atoms with Crippen molar-refractivity contribution in [2.24, 2.45) is 0 Å². The Morgan fingerprint density at radius 2 is 2.00 bits per heavy atom. The predicted octanol–water partition coefficient (Wildman–Crippen LogP) is 3.57. The molecule has 4 amide bonds. The van der Waals surface area contributed by atoms with Gasteiger partial charge in [0.25, 0.3) is 5.91 Å². The van der Waals surface area contributed by atoms with Crippen molar-refractivity contribution in [2.75, 3.05) is 7.11 Å². The molecule has 1 fully saturated rings. The second-order valence-corrected chi connectivity index (χ2v) is 8.89. The van der Waals surface area contributed by atoms with Gasteiger partial charge in [-0.3, -0.25) is 14.5 Å². The molecule has 1 aliphatic heterocycles. The Balaban J connectivity index is 1.20. The van der Waals surface area contributed by atoms with Gasteiger partial charge in [0.05, 0.1) is 19.7 Å². The number of benzene rings is 2. The first-order chi connectivity index (χ1) is 16.5. The number of aromatic nitrogens is 1. The van der Waals surface area contributed by atoms with Gasteiger partial charge in [-0.2, -0.15) is 0 Å². The van der Waals surface area contributed by atoms with Crippen LogP contribution in [-0.4, -0.2) is 40.9 Å². The number of hydrogen-bond donors (Lipinski definition) is 3. The zero-order valence-electron chi connectivity index (χ0n) is 19.1. The molecule has 3 N–H and O–H groups in total. The molecule has 0 saturated carbocycles. The minimum absolute atomic E-state index is 0.0990. The molecule has 3 aromatic rings. The predicted molar refractivity (Wildman–Crippen MR) is 127 cm³/mol. The SMILES string of the molecule is COc1ccc2[nH]c3c(c2c1)CCC[C@@H]3NC(=O)CC[C@H]1NC(=O)N(Cc2ccccc2)C1=O. The summed E-state index contributed by atoms with van der Waals surface area (Å²) in [5.41, 5.74) is 4.18. The van der Waals surface area contributed by atoms with Gasteiger partial charge in [0.15, 0.2) is 0 Å². The van der Waals surface area contributed by atoms with E-state index in [9.17, 15) is 14.4 Å². The van der Waals surface area contributed by atoms with E-state index in [1.807, 2.05) is 48.5 Å². The summed E-state index contributed by atoms with van der Waals surface area (Å²) in [4.78, 5) is 42.5.